The van der Waals surface area contributed by atoms with Crippen molar-refractivity contribution in [3.63, 3.8) is 0 Å². The van der Waals surface area contributed by atoms with Gasteiger partial charge in [-0.3, -0.25) is 9.69 Å². The second-order valence-electron chi connectivity index (χ2n) is 5.67. The first-order valence-electron chi connectivity index (χ1n) is 7.20. The van der Waals surface area contributed by atoms with Gasteiger partial charge in [-0.05, 0) is 32.7 Å². The maximum atomic E-state index is 12.4. The lowest BCUT2D eigenvalue weighted by molar-refractivity contribution is -0.147. The topological polar surface area (TPSA) is 20.3 Å². The lowest BCUT2D eigenvalue weighted by Crippen LogP contribution is -2.67. The van der Waals surface area contributed by atoms with Gasteiger partial charge in [0, 0.05) is 23.4 Å². The molecule has 1 atom stereocenters. The number of Topliss-reactive ketones (excluding diaryl/α,β-unsaturated/α-hetero) is 1. The Morgan fingerprint density at radius 2 is 1.59 bits per heavy atom. The third-order valence-electron chi connectivity index (χ3n) is 5.71. The highest BCUT2D eigenvalue weighted by Crippen LogP contribution is 2.45. The zero-order chi connectivity index (χ0) is 13.3. The molecular weight excluding hydrogens is 210 g/mol. The van der Waals surface area contributed by atoms with E-state index in [2.05, 4.69) is 46.6 Å². The van der Waals surface area contributed by atoms with Crippen LogP contribution >= 0.6 is 0 Å². The van der Waals surface area contributed by atoms with Crippen LogP contribution in [0.25, 0.3) is 0 Å². The van der Waals surface area contributed by atoms with Gasteiger partial charge in [0.1, 0.15) is 5.78 Å². The van der Waals surface area contributed by atoms with Crippen molar-refractivity contribution < 1.29 is 4.79 Å². The van der Waals surface area contributed by atoms with Crippen LogP contribution in [0, 0.1) is 5.92 Å². The van der Waals surface area contributed by atoms with Gasteiger partial charge in [0.2, 0.25) is 0 Å². The molecule has 0 amide bonds. The lowest BCUT2D eigenvalue weighted by atomic mass is 9.66. The summed E-state index contributed by atoms with van der Waals surface area (Å²) in [5.41, 5.74) is 0.164. The maximum Gasteiger partial charge on any atom is 0.139 e. The number of rotatable bonds is 4. The highest BCUT2D eigenvalue weighted by atomic mass is 16.1. The molecular formula is C15H29NO. The van der Waals surface area contributed by atoms with Gasteiger partial charge in [0.15, 0.2) is 0 Å². The number of ketones is 1. The minimum atomic E-state index is 0.0708. The Hall–Kier alpha value is -0.370. The zero-order valence-corrected chi connectivity index (χ0v) is 12.5. The quantitative estimate of drug-likeness (QED) is 0.746. The van der Waals surface area contributed by atoms with Crippen LogP contribution < -0.4 is 0 Å². The SMILES string of the molecule is CCC1(CC)CC(=O)C(C)C(CC)(CC)N1C. The van der Waals surface area contributed by atoms with Gasteiger partial charge in [-0.2, -0.15) is 0 Å². The number of hydrogen-bond acceptors (Lipinski definition) is 2. The Bertz CT molecular complexity index is 277. The largest absolute Gasteiger partial charge is 0.299 e. The summed E-state index contributed by atoms with van der Waals surface area (Å²) in [7, 11) is 2.24. The summed E-state index contributed by atoms with van der Waals surface area (Å²) in [5, 5.41) is 0. The molecule has 1 heterocycles. The molecule has 17 heavy (non-hydrogen) atoms. The molecule has 1 unspecified atom stereocenters. The second-order valence-corrected chi connectivity index (χ2v) is 5.67. The van der Waals surface area contributed by atoms with Crippen LogP contribution in [0.2, 0.25) is 0 Å². The molecule has 1 fully saturated rings. The fraction of sp³-hybridized carbons (Fsp3) is 0.933. The van der Waals surface area contributed by atoms with Crippen molar-refractivity contribution in [2.45, 2.75) is 77.8 Å². The monoisotopic (exact) mass is 239 g/mol. The first-order valence-corrected chi connectivity index (χ1v) is 7.20. The molecule has 0 aromatic heterocycles. The van der Waals surface area contributed by atoms with Gasteiger partial charge >= 0.3 is 0 Å². The fourth-order valence-electron chi connectivity index (χ4n) is 3.97. The molecule has 0 saturated carbocycles. The highest BCUT2D eigenvalue weighted by Gasteiger charge is 2.53. The molecule has 100 valence electrons. The van der Waals surface area contributed by atoms with E-state index in [1.54, 1.807) is 0 Å². The smallest absolute Gasteiger partial charge is 0.139 e. The van der Waals surface area contributed by atoms with Crippen molar-refractivity contribution >= 4 is 5.78 Å². The van der Waals surface area contributed by atoms with Crippen LogP contribution in [-0.4, -0.2) is 28.8 Å². The van der Waals surface area contributed by atoms with Gasteiger partial charge in [-0.1, -0.05) is 34.6 Å². The number of piperidine rings is 1. The minimum absolute atomic E-state index is 0.0708. The molecule has 0 radical (unpaired) electrons. The summed E-state index contributed by atoms with van der Waals surface area (Å²) in [6.07, 6.45) is 5.00. The van der Waals surface area contributed by atoms with Crippen molar-refractivity contribution in [3.05, 3.63) is 0 Å². The lowest BCUT2D eigenvalue weighted by Gasteiger charge is -2.58. The van der Waals surface area contributed by atoms with Crippen LogP contribution in [-0.2, 0) is 4.79 Å². The normalized spacial score (nSPS) is 28.4. The van der Waals surface area contributed by atoms with E-state index >= 15 is 0 Å². The Morgan fingerprint density at radius 1 is 1.12 bits per heavy atom. The number of carbonyl (C=O) groups excluding carboxylic acids is 1. The van der Waals surface area contributed by atoms with Gasteiger partial charge in [0.25, 0.3) is 0 Å². The van der Waals surface area contributed by atoms with E-state index in [0.29, 0.717) is 5.78 Å². The number of carbonyl (C=O) groups is 1. The Morgan fingerprint density at radius 3 is 1.94 bits per heavy atom. The van der Waals surface area contributed by atoms with Crippen molar-refractivity contribution in [1.29, 1.82) is 0 Å². The van der Waals surface area contributed by atoms with Crippen molar-refractivity contribution in [2.75, 3.05) is 7.05 Å². The summed E-state index contributed by atoms with van der Waals surface area (Å²) >= 11 is 0. The Kier molecular flexibility index (Phi) is 4.40. The summed E-state index contributed by atoms with van der Waals surface area (Å²) in [6.45, 7) is 11.0. The number of nitrogens with zero attached hydrogens (tertiary/aromatic N) is 1. The van der Waals surface area contributed by atoms with Crippen LogP contribution in [0.4, 0.5) is 0 Å². The molecule has 0 bridgehead atoms. The molecule has 2 heteroatoms. The van der Waals surface area contributed by atoms with Crippen LogP contribution in [0.3, 0.4) is 0 Å². The molecule has 0 aromatic carbocycles. The standard InChI is InChI=1S/C15H29NO/c1-7-14(8-2)11-13(17)12(5)15(9-3,10-4)16(14)6/h12H,7-11H2,1-6H3. The number of hydrogen-bond donors (Lipinski definition) is 0. The molecule has 1 aliphatic heterocycles. The summed E-state index contributed by atoms with van der Waals surface area (Å²) in [5.74, 6) is 0.643. The van der Waals surface area contributed by atoms with E-state index in [0.717, 1.165) is 32.1 Å². The van der Waals surface area contributed by atoms with E-state index in [9.17, 15) is 4.79 Å². The molecule has 1 aliphatic rings. The van der Waals surface area contributed by atoms with Crippen LogP contribution in [0.15, 0.2) is 0 Å². The molecule has 1 rings (SSSR count). The minimum Gasteiger partial charge on any atom is -0.299 e. The number of likely N-dealkylation sites (tertiary alicyclic amines) is 1. The van der Waals surface area contributed by atoms with Gasteiger partial charge < -0.3 is 0 Å². The fourth-order valence-corrected chi connectivity index (χ4v) is 3.97. The van der Waals surface area contributed by atoms with Crippen molar-refractivity contribution in [3.8, 4) is 0 Å². The zero-order valence-electron chi connectivity index (χ0n) is 12.5. The summed E-state index contributed by atoms with van der Waals surface area (Å²) in [4.78, 5) is 14.9. The third kappa shape index (κ3) is 1.95. The van der Waals surface area contributed by atoms with E-state index in [4.69, 9.17) is 0 Å². The highest BCUT2D eigenvalue weighted by molar-refractivity contribution is 5.84. The summed E-state index contributed by atoms with van der Waals surface area (Å²) < 4.78 is 0. The third-order valence-corrected chi connectivity index (χ3v) is 5.71. The molecule has 0 spiro atoms. The average Bonchev–Trinajstić information content (AvgIpc) is 2.36. The predicted molar refractivity (Wildman–Crippen MR) is 73.2 cm³/mol. The van der Waals surface area contributed by atoms with E-state index in [-0.39, 0.29) is 17.0 Å². The van der Waals surface area contributed by atoms with Crippen molar-refractivity contribution in [2.24, 2.45) is 5.92 Å². The van der Waals surface area contributed by atoms with E-state index in [1.807, 2.05) is 0 Å². The molecule has 0 aromatic rings. The molecule has 1 saturated heterocycles. The molecule has 2 nitrogen and oxygen atoms in total. The van der Waals surface area contributed by atoms with Gasteiger partial charge in [-0.25, -0.2) is 0 Å². The Balaban J connectivity index is 3.23. The van der Waals surface area contributed by atoms with Crippen LogP contribution in [0.1, 0.15) is 66.7 Å². The predicted octanol–water partition coefficient (Wildman–Crippen LogP) is 3.64. The average molecular weight is 239 g/mol. The maximum absolute atomic E-state index is 12.4. The van der Waals surface area contributed by atoms with Gasteiger partial charge in [-0.15, -0.1) is 0 Å². The first-order chi connectivity index (χ1) is 7.94. The second kappa shape index (κ2) is 5.09. The summed E-state index contributed by atoms with van der Waals surface area (Å²) in [6, 6.07) is 0. The first kappa shape index (κ1) is 14.7. The molecule has 0 aliphatic carbocycles. The van der Waals surface area contributed by atoms with E-state index in [1.165, 1.54) is 0 Å². The Labute approximate surface area is 107 Å². The van der Waals surface area contributed by atoms with Gasteiger partial charge in [0.05, 0.1) is 0 Å². The van der Waals surface area contributed by atoms with E-state index < -0.39 is 0 Å². The van der Waals surface area contributed by atoms with Crippen molar-refractivity contribution in [1.82, 2.24) is 4.90 Å². The molecule has 0 N–H and O–H groups in total. The van der Waals surface area contributed by atoms with Crippen LogP contribution in [0.5, 0.6) is 0 Å².